The van der Waals surface area contributed by atoms with Gasteiger partial charge >= 0.3 is 6.18 Å². The van der Waals surface area contributed by atoms with Crippen LogP contribution in [0.3, 0.4) is 0 Å². The monoisotopic (exact) mass is 282 g/mol. The van der Waals surface area contributed by atoms with Gasteiger partial charge in [-0.05, 0) is 12.0 Å². The number of aliphatic hydroxyl groups is 1. The first-order chi connectivity index (χ1) is 8.13. The van der Waals surface area contributed by atoms with Gasteiger partial charge in [-0.15, -0.1) is 0 Å². The Kier molecular flexibility index (Phi) is 4.25. The van der Waals surface area contributed by atoms with Crippen LogP contribution in [0.4, 0.5) is 13.2 Å². The van der Waals surface area contributed by atoms with Gasteiger partial charge in [-0.25, -0.2) is 4.98 Å². The second-order valence-corrected chi connectivity index (χ2v) is 4.67. The zero-order valence-electron chi connectivity index (χ0n) is 9.92. The van der Waals surface area contributed by atoms with Crippen molar-refractivity contribution in [3.63, 3.8) is 0 Å². The van der Waals surface area contributed by atoms with E-state index in [2.05, 4.69) is 4.98 Å². The van der Waals surface area contributed by atoms with Crippen molar-refractivity contribution in [3.05, 3.63) is 28.5 Å². The fourth-order valence-corrected chi connectivity index (χ4v) is 1.89. The van der Waals surface area contributed by atoms with Gasteiger partial charge in [0.25, 0.3) is 0 Å². The lowest BCUT2D eigenvalue weighted by molar-refractivity contribution is -0.141. The fraction of sp³-hybridized carbons (Fsp3) is 0.545. The molecule has 0 saturated heterocycles. The van der Waals surface area contributed by atoms with Crippen LogP contribution in [-0.2, 0) is 11.8 Å². The zero-order valence-corrected chi connectivity index (χ0v) is 10.7. The minimum atomic E-state index is -4.57. The van der Waals surface area contributed by atoms with E-state index in [1.54, 1.807) is 13.8 Å². The van der Waals surface area contributed by atoms with Crippen LogP contribution in [-0.4, -0.2) is 16.6 Å². The highest BCUT2D eigenvalue weighted by Gasteiger charge is 2.37. The average molecular weight is 283 g/mol. The van der Waals surface area contributed by atoms with Crippen molar-refractivity contribution in [1.29, 1.82) is 0 Å². The van der Waals surface area contributed by atoms with Crippen LogP contribution < -0.4 is 5.73 Å². The molecule has 1 atom stereocenters. The van der Waals surface area contributed by atoms with E-state index in [0.717, 1.165) is 12.1 Å². The number of nitrogens with zero attached hydrogens (tertiary/aromatic N) is 1. The molecule has 0 aliphatic rings. The summed E-state index contributed by atoms with van der Waals surface area (Å²) < 4.78 is 37.3. The minimum Gasteiger partial charge on any atom is -0.383 e. The third-order valence-corrected chi connectivity index (χ3v) is 3.16. The Morgan fingerprint density at radius 2 is 1.94 bits per heavy atom. The first-order valence-corrected chi connectivity index (χ1v) is 5.67. The number of hydrogen-bond acceptors (Lipinski definition) is 3. The Morgan fingerprint density at radius 1 is 1.39 bits per heavy atom. The van der Waals surface area contributed by atoms with E-state index in [-0.39, 0.29) is 23.2 Å². The van der Waals surface area contributed by atoms with Gasteiger partial charge in [-0.3, -0.25) is 0 Å². The van der Waals surface area contributed by atoms with Crippen LogP contribution in [0.25, 0.3) is 0 Å². The molecule has 18 heavy (non-hydrogen) atoms. The Balaban J connectivity index is 3.29. The van der Waals surface area contributed by atoms with Crippen molar-refractivity contribution in [2.45, 2.75) is 25.6 Å². The Hall–Kier alpha value is -0.850. The molecule has 1 heterocycles. The number of halogens is 4. The molecule has 3 N–H and O–H groups in total. The van der Waals surface area contributed by atoms with Gasteiger partial charge in [-0.2, -0.15) is 13.2 Å². The molecular formula is C11H14ClF3N2O. The minimum absolute atomic E-state index is 0.106. The summed E-state index contributed by atoms with van der Waals surface area (Å²) >= 11 is 5.72. The first-order valence-electron chi connectivity index (χ1n) is 5.29. The normalized spacial score (nSPS) is 15.8. The van der Waals surface area contributed by atoms with Gasteiger partial charge in [0.05, 0.1) is 0 Å². The molecule has 102 valence electrons. The molecule has 0 aliphatic carbocycles. The van der Waals surface area contributed by atoms with E-state index in [1.807, 2.05) is 0 Å². The molecular weight excluding hydrogens is 269 g/mol. The van der Waals surface area contributed by atoms with Crippen molar-refractivity contribution in [2.24, 2.45) is 11.7 Å². The number of aromatic nitrogens is 1. The summed E-state index contributed by atoms with van der Waals surface area (Å²) in [5.74, 6) is -0.307. The quantitative estimate of drug-likeness (QED) is 0.838. The number of rotatable bonds is 3. The van der Waals surface area contributed by atoms with Crippen molar-refractivity contribution in [1.82, 2.24) is 4.98 Å². The zero-order chi connectivity index (χ0) is 14.1. The van der Waals surface area contributed by atoms with E-state index in [1.165, 1.54) is 0 Å². The van der Waals surface area contributed by atoms with Crippen molar-refractivity contribution in [3.8, 4) is 0 Å². The Morgan fingerprint density at radius 3 is 2.28 bits per heavy atom. The molecule has 0 aromatic carbocycles. The summed E-state index contributed by atoms with van der Waals surface area (Å²) in [4.78, 5) is 3.27. The maximum Gasteiger partial charge on any atom is 0.433 e. The topological polar surface area (TPSA) is 59.1 Å². The number of hydrogen-bond donors (Lipinski definition) is 2. The highest BCUT2D eigenvalue weighted by atomic mass is 35.5. The Bertz CT molecular complexity index is 437. The second-order valence-electron chi connectivity index (χ2n) is 4.32. The lowest BCUT2D eigenvalue weighted by Gasteiger charge is -2.31. The lowest BCUT2D eigenvalue weighted by Crippen LogP contribution is -2.40. The number of nitrogens with two attached hydrogens (primary N) is 1. The highest BCUT2D eigenvalue weighted by Crippen LogP contribution is 2.35. The molecule has 1 unspecified atom stereocenters. The fourth-order valence-electron chi connectivity index (χ4n) is 1.57. The summed E-state index contributed by atoms with van der Waals surface area (Å²) in [5, 5.41) is 9.93. The van der Waals surface area contributed by atoms with E-state index >= 15 is 0 Å². The van der Waals surface area contributed by atoms with Crippen LogP contribution in [0.15, 0.2) is 12.1 Å². The number of alkyl halides is 3. The molecule has 0 fully saturated rings. The van der Waals surface area contributed by atoms with E-state index < -0.39 is 17.5 Å². The highest BCUT2D eigenvalue weighted by molar-refractivity contribution is 6.30. The summed E-state index contributed by atoms with van der Waals surface area (Å²) in [5.41, 5.74) is 2.99. The van der Waals surface area contributed by atoms with Crippen LogP contribution in [0.5, 0.6) is 0 Å². The molecule has 3 nitrogen and oxygen atoms in total. The summed E-state index contributed by atoms with van der Waals surface area (Å²) in [7, 11) is 0. The SMILES string of the molecule is CC(C)C(O)(CN)c1ccc(C(F)(F)F)nc1Cl. The molecule has 0 radical (unpaired) electrons. The lowest BCUT2D eigenvalue weighted by atomic mass is 9.84. The van der Waals surface area contributed by atoms with Crippen LogP contribution in [0.1, 0.15) is 25.1 Å². The standard InChI is InChI=1S/C11H14ClF3N2O/c1-6(2)10(18,5-16)7-3-4-8(11(13,14)15)17-9(7)12/h3-4,6,18H,5,16H2,1-2H3. The second kappa shape index (κ2) is 5.03. The number of pyridine rings is 1. The maximum absolute atomic E-state index is 12.4. The van der Waals surface area contributed by atoms with Crippen LogP contribution in [0.2, 0.25) is 5.15 Å². The third-order valence-electron chi connectivity index (χ3n) is 2.87. The van der Waals surface area contributed by atoms with Gasteiger partial charge in [0.2, 0.25) is 0 Å². The predicted molar refractivity (Wildman–Crippen MR) is 62.0 cm³/mol. The molecule has 7 heteroatoms. The van der Waals surface area contributed by atoms with Crippen LogP contribution >= 0.6 is 11.6 Å². The largest absolute Gasteiger partial charge is 0.433 e. The van der Waals surface area contributed by atoms with E-state index in [4.69, 9.17) is 17.3 Å². The van der Waals surface area contributed by atoms with Crippen molar-refractivity contribution < 1.29 is 18.3 Å². The van der Waals surface area contributed by atoms with Gasteiger partial charge < -0.3 is 10.8 Å². The summed E-state index contributed by atoms with van der Waals surface area (Å²) in [6.07, 6.45) is -4.57. The summed E-state index contributed by atoms with van der Waals surface area (Å²) in [6.45, 7) is 3.24. The molecule has 0 aliphatic heterocycles. The molecule has 0 saturated carbocycles. The molecule has 1 aromatic heterocycles. The predicted octanol–water partition coefficient (Wildman–Crippen LogP) is 2.56. The first kappa shape index (κ1) is 15.2. The third kappa shape index (κ3) is 2.76. The van der Waals surface area contributed by atoms with Gasteiger partial charge in [0.15, 0.2) is 0 Å². The Labute approximate surface area is 108 Å². The molecule has 0 amide bonds. The van der Waals surface area contributed by atoms with Gasteiger partial charge in [-0.1, -0.05) is 31.5 Å². The molecule has 1 rings (SSSR count). The van der Waals surface area contributed by atoms with Crippen molar-refractivity contribution >= 4 is 11.6 Å². The van der Waals surface area contributed by atoms with Crippen LogP contribution in [0, 0.1) is 5.92 Å². The maximum atomic E-state index is 12.4. The smallest absolute Gasteiger partial charge is 0.383 e. The average Bonchev–Trinajstić information content (AvgIpc) is 2.26. The molecule has 0 spiro atoms. The van der Waals surface area contributed by atoms with Gasteiger partial charge in [0.1, 0.15) is 16.4 Å². The van der Waals surface area contributed by atoms with E-state index in [0.29, 0.717) is 0 Å². The van der Waals surface area contributed by atoms with Gasteiger partial charge in [0, 0.05) is 12.1 Å². The molecule has 1 aromatic rings. The van der Waals surface area contributed by atoms with E-state index in [9.17, 15) is 18.3 Å². The van der Waals surface area contributed by atoms with Crippen molar-refractivity contribution in [2.75, 3.05) is 6.54 Å². The summed E-state index contributed by atoms with van der Waals surface area (Å²) in [6, 6.07) is 1.90. The molecule has 0 bridgehead atoms.